The fourth-order valence-corrected chi connectivity index (χ4v) is 5.17. The van der Waals surface area contributed by atoms with Gasteiger partial charge in [-0.3, -0.25) is 19.2 Å². The Bertz CT molecular complexity index is 1040. The molecule has 0 aromatic heterocycles. The number of rotatable bonds is 6. The normalized spacial score (nSPS) is 31.2. The lowest BCUT2D eigenvalue weighted by molar-refractivity contribution is -0.176. The second kappa shape index (κ2) is 8.99. The van der Waals surface area contributed by atoms with Gasteiger partial charge >= 0.3 is 12.1 Å². The Morgan fingerprint density at radius 3 is 2.40 bits per heavy atom. The van der Waals surface area contributed by atoms with Gasteiger partial charge in [0.15, 0.2) is 0 Å². The van der Waals surface area contributed by atoms with Crippen LogP contribution >= 0.6 is 0 Å². The number of carbonyl (C=O) groups is 4. The van der Waals surface area contributed by atoms with E-state index in [1.54, 1.807) is 5.32 Å². The van der Waals surface area contributed by atoms with Crippen molar-refractivity contribution in [2.45, 2.75) is 71.8 Å². The summed E-state index contributed by atoms with van der Waals surface area (Å²) in [5.41, 5.74) is -1.43. The molecule has 3 N–H and O–H groups in total. The number of amides is 4. The van der Waals surface area contributed by atoms with Crippen molar-refractivity contribution in [3.63, 3.8) is 0 Å². The fraction of sp³-hybridized carbons (Fsp3) is 0.783. The van der Waals surface area contributed by atoms with E-state index < -0.39 is 65.8 Å². The third-order valence-corrected chi connectivity index (χ3v) is 7.33. The average molecular weight is 502 g/mol. The van der Waals surface area contributed by atoms with E-state index in [2.05, 4.69) is 10.6 Å². The van der Waals surface area contributed by atoms with Gasteiger partial charge in [-0.25, -0.2) is 0 Å². The first-order valence-corrected chi connectivity index (χ1v) is 11.4. The van der Waals surface area contributed by atoms with E-state index in [9.17, 15) is 37.6 Å². The predicted octanol–water partition coefficient (Wildman–Crippen LogP) is 1.10. The summed E-state index contributed by atoms with van der Waals surface area (Å²) < 4.78 is 54.2. The summed E-state index contributed by atoms with van der Waals surface area (Å²) in [5.74, 6) is -5.59. The highest BCUT2D eigenvalue weighted by Crippen LogP contribution is 2.65. The molecule has 3 fully saturated rings. The van der Waals surface area contributed by atoms with Crippen LogP contribution in [0.2, 0.25) is 0 Å². The zero-order chi connectivity index (χ0) is 28.3. The van der Waals surface area contributed by atoms with E-state index in [1.807, 2.05) is 19.9 Å². The molecule has 2 heterocycles. The third kappa shape index (κ3) is 5.23. The van der Waals surface area contributed by atoms with Gasteiger partial charge in [0.05, 0.1) is 6.07 Å². The van der Waals surface area contributed by atoms with Gasteiger partial charge in [0.25, 0.3) is 0 Å². The number of alkyl halides is 3. The fourth-order valence-electron chi connectivity index (χ4n) is 5.17. The van der Waals surface area contributed by atoms with Crippen LogP contribution in [-0.2, 0) is 19.2 Å². The van der Waals surface area contributed by atoms with Crippen LogP contribution in [0.4, 0.5) is 13.2 Å². The molecule has 4 amide bonds. The van der Waals surface area contributed by atoms with E-state index in [-0.39, 0.29) is 36.6 Å². The molecule has 6 atom stereocenters. The quantitative estimate of drug-likeness (QED) is 0.502. The van der Waals surface area contributed by atoms with E-state index in [0.29, 0.717) is 0 Å². The first kappa shape index (κ1) is 23.9. The molecule has 3 aliphatic rings. The van der Waals surface area contributed by atoms with Crippen LogP contribution in [-0.4, -0.2) is 65.9 Å². The van der Waals surface area contributed by atoms with Crippen molar-refractivity contribution in [1.29, 1.82) is 5.26 Å². The van der Waals surface area contributed by atoms with Crippen molar-refractivity contribution < 1.29 is 35.1 Å². The van der Waals surface area contributed by atoms with Gasteiger partial charge in [0.1, 0.15) is 18.1 Å². The molecule has 3 rings (SSSR count). The minimum absolute atomic E-state index is 0.0977. The molecular weight excluding hydrogens is 467 g/mol. The van der Waals surface area contributed by atoms with Crippen LogP contribution in [0, 0.1) is 39.9 Å². The highest BCUT2D eigenvalue weighted by Gasteiger charge is 2.70. The summed E-state index contributed by atoms with van der Waals surface area (Å²) >= 11 is 0. The van der Waals surface area contributed by atoms with Crippen LogP contribution in [0.3, 0.4) is 0 Å². The summed E-state index contributed by atoms with van der Waals surface area (Å²) in [4.78, 5) is 51.8. The molecule has 0 aromatic rings. The van der Waals surface area contributed by atoms with E-state index >= 15 is 0 Å². The smallest absolute Gasteiger partial charge is 0.356 e. The van der Waals surface area contributed by atoms with E-state index in [1.165, 1.54) is 25.7 Å². The van der Waals surface area contributed by atoms with Crippen molar-refractivity contribution >= 4 is 23.6 Å². The van der Waals surface area contributed by atoms with Gasteiger partial charge < -0.3 is 20.9 Å². The maximum Gasteiger partial charge on any atom is 0.471 e. The topological polar surface area (TPSA) is 131 Å². The first-order valence-electron chi connectivity index (χ1n) is 12.4. The Morgan fingerprint density at radius 1 is 1.29 bits per heavy atom. The van der Waals surface area contributed by atoms with E-state index in [4.69, 9.17) is 2.74 Å². The predicted molar refractivity (Wildman–Crippen MR) is 117 cm³/mol. The first-order chi connectivity index (χ1) is 16.7. The maximum absolute atomic E-state index is 13.5. The molecule has 2 saturated heterocycles. The van der Waals surface area contributed by atoms with Crippen LogP contribution in [0.25, 0.3) is 0 Å². The second-order valence-electron chi connectivity index (χ2n) is 11.2. The van der Waals surface area contributed by atoms with Crippen LogP contribution in [0.15, 0.2) is 0 Å². The van der Waals surface area contributed by atoms with Gasteiger partial charge in [-0.1, -0.05) is 34.6 Å². The molecule has 35 heavy (non-hydrogen) atoms. The van der Waals surface area contributed by atoms with Crippen molar-refractivity contribution in [1.82, 2.24) is 20.9 Å². The number of halogens is 3. The molecule has 0 bridgehead atoms. The Labute approximate surface area is 205 Å². The molecule has 12 heteroatoms. The molecule has 9 nitrogen and oxygen atoms in total. The van der Waals surface area contributed by atoms with Crippen molar-refractivity contribution in [3.05, 3.63) is 0 Å². The third-order valence-electron chi connectivity index (χ3n) is 7.33. The number of likely N-dealkylation sites (tertiary alicyclic amines) is 1. The molecule has 0 unspecified atom stereocenters. The molecule has 1 aliphatic carbocycles. The average Bonchev–Trinajstić information content (AvgIpc) is 3.04. The Hall–Kier alpha value is -2.84. The number of hydrogen-bond acceptors (Lipinski definition) is 5. The standard InChI is InChI=1S/C23H32F3N5O4/c1-21(2,3)16(30-20(35)23(24,25)26)19(34)31-10-13-14(22(13,4)5)15(31)18(33)29-12(9-27)8-11-6-7-28-17(11)32/h11-16H,6-8,10H2,1-5H3,(H,28,32)(H,29,33)(H,30,35)/t11-,12-,13-,14-,15-,16-/m0/s1/i7D2. The molecule has 1 saturated carbocycles. The molecule has 194 valence electrons. The van der Waals surface area contributed by atoms with Crippen molar-refractivity contribution in [3.8, 4) is 6.07 Å². The minimum Gasteiger partial charge on any atom is -0.356 e. The molecular formula is C23H32F3N5O4. The summed E-state index contributed by atoms with van der Waals surface area (Å²) in [5, 5.41) is 16.1. The Morgan fingerprint density at radius 2 is 1.91 bits per heavy atom. The van der Waals surface area contributed by atoms with Crippen LogP contribution in [0.5, 0.6) is 0 Å². The number of nitriles is 1. The molecule has 0 spiro atoms. The van der Waals surface area contributed by atoms with Gasteiger partial charge in [0, 0.05) is 21.7 Å². The number of fused-ring (bicyclic) bond motifs is 1. The maximum atomic E-state index is 13.5. The van der Waals surface area contributed by atoms with Gasteiger partial charge in [-0.15, -0.1) is 0 Å². The molecule has 0 radical (unpaired) electrons. The zero-order valence-electron chi connectivity index (χ0n) is 22.2. The second-order valence-corrected chi connectivity index (χ2v) is 11.2. The highest BCUT2D eigenvalue weighted by atomic mass is 19.4. The lowest BCUT2D eigenvalue weighted by Crippen LogP contribution is -2.61. The molecule has 2 aliphatic heterocycles. The number of nitrogens with zero attached hydrogens (tertiary/aromatic N) is 2. The number of piperidine rings is 1. The van der Waals surface area contributed by atoms with Crippen LogP contribution < -0.4 is 16.0 Å². The summed E-state index contributed by atoms with van der Waals surface area (Å²) in [7, 11) is 0. The largest absolute Gasteiger partial charge is 0.471 e. The van der Waals surface area contributed by atoms with Gasteiger partial charge in [-0.05, 0) is 35.5 Å². The minimum atomic E-state index is -5.20. The molecule has 0 aromatic carbocycles. The van der Waals surface area contributed by atoms with Crippen molar-refractivity contribution in [2.24, 2.45) is 28.6 Å². The number of carbonyl (C=O) groups excluding carboxylic acids is 4. The number of nitrogens with one attached hydrogen (secondary N) is 3. The number of hydrogen-bond donors (Lipinski definition) is 3. The van der Waals surface area contributed by atoms with Crippen LogP contribution in [0.1, 0.15) is 50.2 Å². The summed E-state index contributed by atoms with van der Waals surface area (Å²) in [6, 6.07) is -1.90. The summed E-state index contributed by atoms with van der Waals surface area (Å²) in [6.45, 7) is 6.49. The van der Waals surface area contributed by atoms with E-state index in [0.717, 1.165) is 0 Å². The summed E-state index contributed by atoms with van der Waals surface area (Å²) in [6.07, 6.45) is -5.51. The SMILES string of the molecule is [2H]C1([2H])C[C@@H](C[C@@H](C#N)NC(=O)[C@@H]2[C@@H]3[C@H](CN2C(=O)[C@H](NC(=O)C(F)(F)F)C(C)(C)C)C3(C)C)C(=O)N1. The zero-order valence-corrected chi connectivity index (χ0v) is 20.2. The lowest BCUT2D eigenvalue weighted by atomic mass is 9.85. The van der Waals surface area contributed by atoms with Gasteiger partial charge in [0.2, 0.25) is 17.7 Å². The van der Waals surface area contributed by atoms with Gasteiger partial charge in [-0.2, -0.15) is 18.4 Å². The monoisotopic (exact) mass is 501 g/mol. The lowest BCUT2D eigenvalue weighted by Gasteiger charge is -2.37. The highest BCUT2D eigenvalue weighted by molar-refractivity contribution is 5.95. The van der Waals surface area contributed by atoms with Crippen molar-refractivity contribution in [2.75, 3.05) is 13.0 Å². The Kier molecular flexibility index (Phi) is 6.13. The Balaban J connectivity index is 1.80.